The van der Waals surface area contributed by atoms with Crippen molar-refractivity contribution in [2.75, 3.05) is 20.2 Å². The first kappa shape index (κ1) is 22.1. The van der Waals surface area contributed by atoms with E-state index < -0.39 is 5.41 Å². The van der Waals surface area contributed by atoms with Gasteiger partial charge in [-0.1, -0.05) is 42.5 Å². The van der Waals surface area contributed by atoms with Gasteiger partial charge in [-0.15, -0.1) is 11.3 Å². The fourth-order valence-electron chi connectivity index (χ4n) is 4.30. The summed E-state index contributed by atoms with van der Waals surface area (Å²) in [6.07, 6.45) is 1.57. The second-order valence-electron chi connectivity index (χ2n) is 8.06. The van der Waals surface area contributed by atoms with Gasteiger partial charge in [-0.2, -0.15) is 0 Å². The number of benzene rings is 2. The zero-order chi connectivity index (χ0) is 22.7. The first-order valence-corrected chi connectivity index (χ1v) is 11.4. The molecule has 0 spiro atoms. The van der Waals surface area contributed by atoms with E-state index in [1.54, 1.807) is 17.0 Å². The quantitative estimate of drug-likeness (QED) is 0.534. The Morgan fingerprint density at radius 3 is 2.38 bits per heavy atom. The van der Waals surface area contributed by atoms with Crippen LogP contribution in [0.3, 0.4) is 0 Å². The van der Waals surface area contributed by atoms with Crippen LogP contribution >= 0.6 is 11.3 Å². The van der Waals surface area contributed by atoms with Crippen LogP contribution in [0.15, 0.2) is 54.6 Å². The van der Waals surface area contributed by atoms with E-state index in [0.717, 1.165) is 16.1 Å². The number of likely N-dealkylation sites (tertiary alicyclic amines) is 1. The standard InChI is InChI=1S/C25H25FN2O3S/c1-17-22(32-21(27-17)16-18-8-10-20(26)11-9-18)23(29)28-14-12-25(13-15-28,24(30)31-2)19-6-4-3-5-7-19/h3-11H,12-16H2,1-2H3. The Labute approximate surface area is 190 Å². The zero-order valence-electron chi connectivity index (χ0n) is 18.1. The van der Waals surface area contributed by atoms with Crippen molar-refractivity contribution in [3.8, 4) is 0 Å². The van der Waals surface area contributed by atoms with Gasteiger partial charge in [0.2, 0.25) is 0 Å². The second-order valence-corrected chi connectivity index (χ2v) is 9.14. The van der Waals surface area contributed by atoms with Crippen molar-refractivity contribution >= 4 is 23.2 Å². The molecule has 1 fully saturated rings. The normalized spacial score (nSPS) is 15.4. The summed E-state index contributed by atoms with van der Waals surface area (Å²) in [5.74, 6) is -0.591. The number of nitrogens with zero attached hydrogens (tertiary/aromatic N) is 2. The largest absolute Gasteiger partial charge is 0.468 e. The van der Waals surface area contributed by atoms with Gasteiger partial charge in [0.15, 0.2) is 0 Å². The van der Waals surface area contributed by atoms with Gasteiger partial charge < -0.3 is 9.64 Å². The number of hydrogen-bond acceptors (Lipinski definition) is 5. The molecule has 0 bridgehead atoms. The summed E-state index contributed by atoms with van der Waals surface area (Å²) >= 11 is 1.38. The Bertz CT molecular complexity index is 1100. The molecule has 1 aliphatic rings. The van der Waals surface area contributed by atoms with Crippen molar-refractivity contribution in [2.24, 2.45) is 0 Å². The molecule has 0 unspecified atom stereocenters. The summed E-state index contributed by atoms with van der Waals surface area (Å²) in [7, 11) is 1.41. The van der Waals surface area contributed by atoms with Gasteiger partial charge in [0.25, 0.3) is 5.91 Å². The highest BCUT2D eigenvalue weighted by Gasteiger charge is 2.45. The molecule has 1 saturated heterocycles. The molecule has 1 aromatic heterocycles. The number of esters is 1. The summed E-state index contributed by atoms with van der Waals surface area (Å²) in [4.78, 5) is 33.0. The van der Waals surface area contributed by atoms with Crippen LogP contribution in [0, 0.1) is 12.7 Å². The molecular weight excluding hydrogens is 427 g/mol. The Hall–Kier alpha value is -3.06. The van der Waals surface area contributed by atoms with E-state index >= 15 is 0 Å². The fourth-order valence-corrected chi connectivity index (χ4v) is 5.37. The van der Waals surface area contributed by atoms with Gasteiger partial charge in [-0.3, -0.25) is 9.59 Å². The van der Waals surface area contributed by atoms with Crippen LogP contribution in [0.25, 0.3) is 0 Å². The molecule has 5 nitrogen and oxygen atoms in total. The van der Waals surface area contributed by atoms with Crippen LogP contribution in [0.5, 0.6) is 0 Å². The highest BCUT2D eigenvalue weighted by molar-refractivity contribution is 7.13. The highest BCUT2D eigenvalue weighted by atomic mass is 32.1. The number of aromatic nitrogens is 1. The van der Waals surface area contributed by atoms with Crippen molar-refractivity contribution < 1.29 is 18.7 Å². The van der Waals surface area contributed by atoms with Crippen molar-refractivity contribution in [1.29, 1.82) is 0 Å². The summed E-state index contributed by atoms with van der Waals surface area (Å²) in [6.45, 7) is 2.77. The van der Waals surface area contributed by atoms with Crippen LogP contribution < -0.4 is 0 Å². The minimum atomic E-state index is -0.733. The van der Waals surface area contributed by atoms with Gasteiger partial charge in [-0.25, -0.2) is 9.37 Å². The van der Waals surface area contributed by atoms with Crippen molar-refractivity contribution in [1.82, 2.24) is 9.88 Å². The number of aryl methyl sites for hydroxylation is 1. The Balaban J connectivity index is 1.49. The smallest absolute Gasteiger partial charge is 0.316 e. The monoisotopic (exact) mass is 452 g/mol. The number of carbonyl (C=O) groups excluding carboxylic acids is 2. The number of amides is 1. The number of halogens is 1. The predicted molar refractivity (Wildman–Crippen MR) is 121 cm³/mol. The number of piperidine rings is 1. The lowest BCUT2D eigenvalue weighted by molar-refractivity contribution is -0.149. The summed E-state index contributed by atoms with van der Waals surface area (Å²) in [6, 6.07) is 16.0. The molecule has 0 N–H and O–H groups in total. The molecule has 0 saturated carbocycles. The predicted octanol–water partition coefficient (Wildman–Crippen LogP) is 4.53. The van der Waals surface area contributed by atoms with Crippen LogP contribution in [-0.2, 0) is 21.4 Å². The minimum absolute atomic E-state index is 0.0584. The molecule has 32 heavy (non-hydrogen) atoms. The zero-order valence-corrected chi connectivity index (χ0v) is 19.0. The molecule has 0 radical (unpaired) electrons. The van der Waals surface area contributed by atoms with Gasteiger partial charge in [-0.05, 0) is 43.0 Å². The Morgan fingerprint density at radius 1 is 1.09 bits per heavy atom. The van der Waals surface area contributed by atoms with Gasteiger partial charge in [0.05, 0.1) is 23.2 Å². The van der Waals surface area contributed by atoms with E-state index in [4.69, 9.17) is 4.74 Å². The number of rotatable bonds is 5. The molecule has 1 amide bonds. The van der Waals surface area contributed by atoms with Gasteiger partial charge in [0, 0.05) is 19.5 Å². The molecular formula is C25H25FN2O3S. The van der Waals surface area contributed by atoms with Crippen molar-refractivity contribution in [3.05, 3.63) is 87.1 Å². The molecule has 2 heterocycles. The van der Waals surface area contributed by atoms with Crippen LogP contribution in [0.2, 0.25) is 0 Å². The molecule has 1 aliphatic heterocycles. The average Bonchev–Trinajstić information content (AvgIpc) is 3.20. The maximum atomic E-state index is 13.2. The first-order valence-electron chi connectivity index (χ1n) is 10.6. The summed E-state index contributed by atoms with van der Waals surface area (Å²) in [5.41, 5.74) is 1.84. The highest BCUT2D eigenvalue weighted by Crippen LogP contribution is 2.37. The topological polar surface area (TPSA) is 59.5 Å². The molecule has 4 rings (SSSR count). The minimum Gasteiger partial charge on any atom is -0.468 e. The summed E-state index contributed by atoms with van der Waals surface area (Å²) < 4.78 is 18.3. The molecule has 166 valence electrons. The lowest BCUT2D eigenvalue weighted by Gasteiger charge is -2.40. The number of ether oxygens (including phenoxy) is 1. The third-order valence-electron chi connectivity index (χ3n) is 6.11. The van der Waals surface area contributed by atoms with Gasteiger partial charge in [0.1, 0.15) is 10.7 Å². The molecule has 3 aromatic rings. The second kappa shape index (κ2) is 9.20. The van der Waals surface area contributed by atoms with E-state index in [0.29, 0.717) is 42.9 Å². The molecule has 0 aliphatic carbocycles. The van der Waals surface area contributed by atoms with Gasteiger partial charge >= 0.3 is 5.97 Å². The van der Waals surface area contributed by atoms with Crippen LogP contribution in [0.1, 0.15) is 44.3 Å². The number of hydrogen-bond donors (Lipinski definition) is 0. The lowest BCUT2D eigenvalue weighted by Crippen LogP contribution is -2.49. The number of thiazole rings is 1. The first-order chi connectivity index (χ1) is 15.4. The fraction of sp³-hybridized carbons (Fsp3) is 0.320. The van der Waals surface area contributed by atoms with Crippen LogP contribution in [-0.4, -0.2) is 42.0 Å². The third kappa shape index (κ3) is 4.30. The van der Waals surface area contributed by atoms with Crippen molar-refractivity contribution in [2.45, 2.75) is 31.6 Å². The van der Waals surface area contributed by atoms with E-state index in [9.17, 15) is 14.0 Å². The third-order valence-corrected chi connectivity index (χ3v) is 7.26. The average molecular weight is 453 g/mol. The van der Waals surface area contributed by atoms with Crippen LogP contribution in [0.4, 0.5) is 4.39 Å². The van der Waals surface area contributed by atoms with E-state index in [1.807, 2.05) is 37.3 Å². The lowest BCUT2D eigenvalue weighted by atomic mass is 9.72. The Morgan fingerprint density at radius 2 is 1.75 bits per heavy atom. The maximum absolute atomic E-state index is 13.2. The SMILES string of the molecule is COC(=O)C1(c2ccccc2)CCN(C(=O)c2sc(Cc3ccc(F)cc3)nc2C)CC1. The molecule has 7 heteroatoms. The van der Waals surface area contributed by atoms with Crippen molar-refractivity contribution in [3.63, 3.8) is 0 Å². The molecule has 0 atom stereocenters. The van der Waals surface area contributed by atoms with E-state index in [-0.39, 0.29) is 17.7 Å². The summed E-state index contributed by atoms with van der Waals surface area (Å²) in [5, 5.41) is 0.822. The Kier molecular flexibility index (Phi) is 6.37. The number of carbonyl (C=O) groups is 2. The molecule has 2 aromatic carbocycles. The number of methoxy groups -OCH3 is 1. The van der Waals surface area contributed by atoms with E-state index in [1.165, 1.54) is 30.6 Å². The van der Waals surface area contributed by atoms with E-state index in [2.05, 4.69) is 4.98 Å². The maximum Gasteiger partial charge on any atom is 0.316 e.